The second-order valence-electron chi connectivity index (χ2n) is 16.4. The van der Waals surface area contributed by atoms with Crippen molar-refractivity contribution >= 4 is 22.6 Å². The Morgan fingerprint density at radius 1 is 0.673 bits per heavy atom. The summed E-state index contributed by atoms with van der Waals surface area (Å²) in [6, 6.07) is 0. The van der Waals surface area contributed by atoms with Gasteiger partial charge in [0, 0.05) is 4.43 Å². The zero-order valence-electron chi connectivity index (χ0n) is 32.0. The second-order valence-corrected chi connectivity index (χ2v) is 17.5. The second kappa shape index (κ2) is 22.4. The third-order valence-corrected chi connectivity index (χ3v) is 13.4. The largest absolute Gasteiger partial charge is 0.378 e. The molecule has 0 spiro atoms. The molecule has 0 amide bonds. The lowest BCUT2D eigenvalue weighted by Gasteiger charge is -2.58. The molecular weight excluding hydrogens is 731 g/mol. The van der Waals surface area contributed by atoms with E-state index in [1.54, 1.807) is 5.57 Å². The maximum absolute atomic E-state index is 6.37. The number of hydrogen-bond acceptors (Lipinski definition) is 7. The van der Waals surface area contributed by atoms with E-state index in [0.29, 0.717) is 96.2 Å². The van der Waals surface area contributed by atoms with Crippen molar-refractivity contribution in [3.63, 3.8) is 0 Å². The molecule has 0 saturated heterocycles. The quantitative estimate of drug-likeness (QED) is 0.0375. The summed E-state index contributed by atoms with van der Waals surface area (Å²) in [6.07, 6.45) is 18.0. The Morgan fingerprint density at radius 3 is 1.82 bits per heavy atom. The number of halogens is 1. The molecule has 8 atom stereocenters. The van der Waals surface area contributed by atoms with Crippen LogP contribution in [0, 0.1) is 46.3 Å². The van der Waals surface area contributed by atoms with Crippen LogP contribution in [0.3, 0.4) is 0 Å². The van der Waals surface area contributed by atoms with Crippen molar-refractivity contribution in [2.24, 2.45) is 46.3 Å². The van der Waals surface area contributed by atoms with E-state index in [9.17, 15) is 0 Å². The van der Waals surface area contributed by atoms with Gasteiger partial charge < -0.3 is 33.2 Å². The van der Waals surface area contributed by atoms with Crippen LogP contribution in [-0.4, -0.2) is 96.4 Å². The summed E-state index contributed by atoms with van der Waals surface area (Å²) >= 11 is 2.30. The number of fused-ring (bicyclic) bond motifs is 5. The van der Waals surface area contributed by atoms with Crippen LogP contribution in [0.25, 0.3) is 0 Å². The fraction of sp³-hybridized carbons (Fsp3) is 0.951. The molecule has 0 aromatic rings. The van der Waals surface area contributed by atoms with Crippen molar-refractivity contribution < 1.29 is 33.2 Å². The summed E-state index contributed by atoms with van der Waals surface area (Å²) in [5, 5.41) is 0. The SMILES string of the molecule is CC(C)CCC[C@@H](C)[C@H]1CC[C@H]2[C@@H]3CC=C4C[C@H](OCCOCCOCCOCCOCCOCCOCCI)CC[C@]4(C)[C@H]3CC[C@]12C. The molecular formula is C41H73IO7. The molecule has 0 aromatic carbocycles. The van der Waals surface area contributed by atoms with E-state index in [1.807, 2.05) is 0 Å². The number of hydrogen-bond donors (Lipinski definition) is 0. The number of rotatable bonds is 26. The predicted molar refractivity (Wildman–Crippen MR) is 207 cm³/mol. The van der Waals surface area contributed by atoms with E-state index < -0.39 is 0 Å². The fourth-order valence-electron chi connectivity index (χ4n) is 10.3. The van der Waals surface area contributed by atoms with E-state index in [4.69, 9.17) is 33.2 Å². The van der Waals surface area contributed by atoms with Crippen LogP contribution in [0.5, 0.6) is 0 Å². The van der Waals surface area contributed by atoms with Gasteiger partial charge in [-0.2, -0.15) is 0 Å². The first-order valence-electron chi connectivity index (χ1n) is 20.1. The summed E-state index contributed by atoms with van der Waals surface area (Å²) in [4.78, 5) is 0. The average Bonchev–Trinajstić information content (AvgIpc) is 3.44. The van der Waals surface area contributed by atoms with Crippen molar-refractivity contribution in [2.45, 2.75) is 111 Å². The molecule has 0 radical (unpaired) electrons. The van der Waals surface area contributed by atoms with Gasteiger partial charge in [0.2, 0.25) is 0 Å². The van der Waals surface area contributed by atoms with Gasteiger partial charge in [-0.25, -0.2) is 0 Å². The van der Waals surface area contributed by atoms with Gasteiger partial charge in [0.05, 0.1) is 92.0 Å². The van der Waals surface area contributed by atoms with Crippen molar-refractivity contribution in [3.05, 3.63) is 11.6 Å². The van der Waals surface area contributed by atoms with Crippen molar-refractivity contribution in [3.8, 4) is 0 Å². The third kappa shape index (κ3) is 12.6. The van der Waals surface area contributed by atoms with Crippen molar-refractivity contribution in [1.29, 1.82) is 0 Å². The molecule has 0 heterocycles. The van der Waals surface area contributed by atoms with Gasteiger partial charge in [-0.1, -0.05) is 88.1 Å². The highest BCUT2D eigenvalue weighted by atomic mass is 127. The van der Waals surface area contributed by atoms with Crippen LogP contribution in [0.2, 0.25) is 0 Å². The number of alkyl halides is 1. The Kier molecular flexibility index (Phi) is 19.2. The first kappa shape index (κ1) is 41.9. The molecule has 4 rings (SSSR count). The molecule has 8 heteroatoms. The van der Waals surface area contributed by atoms with Crippen LogP contribution >= 0.6 is 22.6 Å². The minimum absolute atomic E-state index is 0.339. The van der Waals surface area contributed by atoms with Crippen LogP contribution in [0.4, 0.5) is 0 Å². The summed E-state index contributed by atoms with van der Waals surface area (Å²) in [5.41, 5.74) is 2.66. The molecule has 7 nitrogen and oxygen atoms in total. The van der Waals surface area contributed by atoms with Crippen LogP contribution in [0.1, 0.15) is 105 Å². The van der Waals surface area contributed by atoms with Gasteiger partial charge >= 0.3 is 0 Å². The molecule has 49 heavy (non-hydrogen) atoms. The zero-order chi connectivity index (χ0) is 35.0. The first-order chi connectivity index (χ1) is 23.8. The van der Waals surface area contributed by atoms with Crippen LogP contribution < -0.4 is 0 Å². The van der Waals surface area contributed by atoms with Gasteiger partial charge in [0.1, 0.15) is 0 Å². The highest BCUT2D eigenvalue weighted by Crippen LogP contribution is 2.67. The minimum Gasteiger partial charge on any atom is -0.378 e. The fourth-order valence-corrected chi connectivity index (χ4v) is 10.6. The lowest BCUT2D eigenvalue weighted by atomic mass is 9.47. The molecule has 0 bridgehead atoms. The summed E-state index contributed by atoms with van der Waals surface area (Å²) in [6.45, 7) is 20.6. The average molecular weight is 805 g/mol. The maximum Gasteiger partial charge on any atom is 0.0704 e. The van der Waals surface area contributed by atoms with Gasteiger partial charge in [-0.05, 0) is 97.7 Å². The number of ether oxygens (including phenoxy) is 7. The van der Waals surface area contributed by atoms with Crippen molar-refractivity contribution in [2.75, 3.05) is 90.3 Å². The summed E-state index contributed by atoms with van der Waals surface area (Å²) in [5.74, 6) is 5.35. The first-order valence-corrected chi connectivity index (χ1v) is 21.7. The summed E-state index contributed by atoms with van der Waals surface area (Å²) in [7, 11) is 0. The molecule has 4 aliphatic rings. The Balaban J connectivity index is 1.02. The Hall–Kier alpha value is 0.190. The standard InChI is InChI=1S/C41H73IO7/c1-32(2)7-6-8-33(3)37-11-12-38-36-10-9-34-31-35(13-15-40(34,4)39(36)14-16-41(37,38)5)49-30-29-48-28-27-47-26-25-46-24-23-45-22-21-44-20-19-43-18-17-42/h9,32-33,35-39H,6-8,10-31H2,1-5H3/t33-,35-,36+,37-,38+,39+,40+,41-/m1/s1. The summed E-state index contributed by atoms with van der Waals surface area (Å²) < 4.78 is 40.7. The van der Waals surface area contributed by atoms with E-state index in [1.165, 1.54) is 64.2 Å². The smallest absolute Gasteiger partial charge is 0.0704 e. The molecule has 0 aliphatic heterocycles. The zero-order valence-corrected chi connectivity index (χ0v) is 34.2. The van der Waals surface area contributed by atoms with E-state index in [0.717, 1.165) is 53.0 Å². The molecule has 4 aliphatic carbocycles. The normalized spacial score (nSPS) is 31.7. The Bertz CT molecular complexity index is 932. The van der Waals surface area contributed by atoms with E-state index >= 15 is 0 Å². The topological polar surface area (TPSA) is 64.6 Å². The van der Waals surface area contributed by atoms with Crippen molar-refractivity contribution in [1.82, 2.24) is 0 Å². The Morgan fingerprint density at radius 2 is 1.24 bits per heavy atom. The lowest BCUT2D eigenvalue weighted by molar-refractivity contribution is -0.0692. The van der Waals surface area contributed by atoms with Gasteiger partial charge in [-0.3, -0.25) is 0 Å². The Labute approximate surface area is 314 Å². The highest BCUT2D eigenvalue weighted by Gasteiger charge is 2.59. The highest BCUT2D eigenvalue weighted by molar-refractivity contribution is 14.1. The third-order valence-electron chi connectivity index (χ3n) is 12.9. The lowest BCUT2D eigenvalue weighted by Crippen LogP contribution is -2.51. The molecule has 0 unspecified atom stereocenters. The van der Waals surface area contributed by atoms with Gasteiger partial charge in [0.25, 0.3) is 0 Å². The number of allylic oxidation sites excluding steroid dienone is 1. The van der Waals surface area contributed by atoms with Crippen LogP contribution in [-0.2, 0) is 33.2 Å². The monoisotopic (exact) mass is 804 g/mol. The molecule has 0 N–H and O–H groups in total. The maximum atomic E-state index is 6.37. The molecule has 286 valence electrons. The predicted octanol–water partition coefficient (Wildman–Crippen LogP) is 8.95. The molecule has 3 saturated carbocycles. The molecule has 0 aromatic heterocycles. The molecule has 3 fully saturated rings. The van der Waals surface area contributed by atoms with E-state index in [-0.39, 0.29) is 0 Å². The van der Waals surface area contributed by atoms with Gasteiger partial charge in [-0.15, -0.1) is 0 Å². The van der Waals surface area contributed by atoms with Gasteiger partial charge in [0.15, 0.2) is 0 Å². The minimum atomic E-state index is 0.339. The van der Waals surface area contributed by atoms with Crippen LogP contribution in [0.15, 0.2) is 11.6 Å². The van der Waals surface area contributed by atoms with E-state index in [2.05, 4.69) is 63.3 Å².